The lowest BCUT2D eigenvalue weighted by atomic mass is 10.3. The average Bonchev–Trinajstić information content (AvgIpc) is 2.48. The number of thioether (sulfide) groups is 1. The van der Waals surface area contributed by atoms with E-state index in [0.29, 0.717) is 11.9 Å². The number of benzene rings is 1. The van der Waals surface area contributed by atoms with Crippen molar-refractivity contribution in [2.45, 2.75) is 11.2 Å². The number of nitrogens with zero attached hydrogens (tertiary/aromatic N) is 1. The van der Waals surface area contributed by atoms with E-state index in [-0.39, 0.29) is 15.8 Å². The zero-order valence-corrected chi connectivity index (χ0v) is 12.9. The molecule has 1 heterocycles. The number of halogens is 5. The fourth-order valence-corrected chi connectivity index (χ4v) is 2.37. The Morgan fingerprint density at radius 3 is 2.57 bits per heavy atom. The van der Waals surface area contributed by atoms with Gasteiger partial charge in [-0.25, -0.2) is 9.37 Å². The number of pyridine rings is 1. The Hall–Kier alpha value is -1.80. The molecular weight excluding hydrogens is 356 g/mol. The van der Waals surface area contributed by atoms with E-state index >= 15 is 0 Å². The monoisotopic (exact) mass is 364 g/mol. The molecule has 2 rings (SSSR count). The molecular formula is C14H9ClF4N2OS. The molecule has 1 amide bonds. The van der Waals surface area contributed by atoms with Crippen LogP contribution in [-0.2, 0) is 11.0 Å². The molecule has 0 aliphatic carbocycles. The summed E-state index contributed by atoms with van der Waals surface area (Å²) in [6.45, 7) is 0. The van der Waals surface area contributed by atoms with Crippen LogP contribution in [0.3, 0.4) is 0 Å². The summed E-state index contributed by atoms with van der Waals surface area (Å²) in [5, 5.41) is 2.65. The maximum atomic E-state index is 13.0. The number of rotatable bonds is 4. The Morgan fingerprint density at radius 2 is 2.00 bits per heavy atom. The quantitative estimate of drug-likeness (QED) is 0.635. The lowest BCUT2D eigenvalue weighted by molar-refractivity contribution is -0.137. The van der Waals surface area contributed by atoms with Gasteiger partial charge in [0, 0.05) is 11.9 Å². The van der Waals surface area contributed by atoms with Crippen LogP contribution in [0.1, 0.15) is 5.56 Å². The minimum Gasteiger partial charge on any atom is -0.325 e. The minimum atomic E-state index is -4.45. The number of hydrogen-bond acceptors (Lipinski definition) is 3. The van der Waals surface area contributed by atoms with Crippen molar-refractivity contribution in [3.8, 4) is 0 Å². The first-order chi connectivity index (χ1) is 10.8. The van der Waals surface area contributed by atoms with Crippen molar-refractivity contribution >= 4 is 35.0 Å². The summed E-state index contributed by atoms with van der Waals surface area (Å²) >= 11 is 6.57. The Kier molecular flexibility index (Phi) is 5.48. The van der Waals surface area contributed by atoms with Gasteiger partial charge in [-0.3, -0.25) is 4.79 Å². The van der Waals surface area contributed by atoms with Crippen LogP contribution in [0, 0.1) is 5.82 Å². The fourth-order valence-electron chi connectivity index (χ4n) is 1.54. The highest BCUT2D eigenvalue weighted by atomic mass is 35.5. The van der Waals surface area contributed by atoms with Crippen LogP contribution >= 0.6 is 23.4 Å². The predicted molar refractivity (Wildman–Crippen MR) is 80.0 cm³/mol. The van der Waals surface area contributed by atoms with Crippen molar-refractivity contribution in [3.63, 3.8) is 0 Å². The van der Waals surface area contributed by atoms with Gasteiger partial charge >= 0.3 is 6.18 Å². The van der Waals surface area contributed by atoms with Crippen LogP contribution in [-0.4, -0.2) is 16.6 Å². The summed E-state index contributed by atoms with van der Waals surface area (Å²) in [7, 11) is 0. The third-order valence-corrected chi connectivity index (χ3v) is 3.85. The van der Waals surface area contributed by atoms with Crippen LogP contribution in [0.25, 0.3) is 0 Å². The largest absolute Gasteiger partial charge is 0.417 e. The van der Waals surface area contributed by atoms with Gasteiger partial charge in [0.05, 0.1) is 21.4 Å². The van der Waals surface area contributed by atoms with E-state index in [4.69, 9.17) is 11.6 Å². The van der Waals surface area contributed by atoms with E-state index in [0.717, 1.165) is 23.9 Å². The fraction of sp³-hybridized carbons (Fsp3) is 0.143. The summed E-state index contributed by atoms with van der Waals surface area (Å²) in [5.41, 5.74) is -0.533. The lowest BCUT2D eigenvalue weighted by Gasteiger charge is -2.07. The second kappa shape index (κ2) is 7.18. The Balaban J connectivity index is 1.90. The van der Waals surface area contributed by atoms with E-state index in [1.54, 1.807) is 0 Å². The molecule has 1 N–H and O–H groups in total. The number of hydrogen-bond donors (Lipinski definition) is 1. The average molecular weight is 365 g/mol. The Bertz CT molecular complexity index is 707. The molecule has 0 fully saturated rings. The van der Waals surface area contributed by atoms with Crippen molar-refractivity contribution in [1.29, 1.82) is 0 Å². The molecule has 9 heteroatoms. The molecule has 0 radical (unpaired) electrons. The molecule has 1 aromatic heterocycles. The van der Waals surface area contributed by atoms with Crippen molar-refractivity contribution in [1.82, 2.24) is 4.98 Å². The van der Waals surface area contributed by atoms with Crippen LogP contribution in [0.5, 0.6) is 0 Å². The molecule has 0 saturated heterocycles. The van der Waals surface area contributed by atoms with E-state index < -0.39 is 23.5 Å². The molecule has 0 bridgehead atoms. The first-order valence-electron chi connectivity index (χ1n) is 6.16. The normalized spacial score (nSPS) is 11.3. The molecule has 0 spiro atoms. The number of anilines is 1. The Labute approximate surface area is 138 Å². The maximum absolute atomic E-state index is 13.0. The minimum absolute atomic E-state index is 0.0621. The number of alkyl halides is 3. The van der Waals surface area contributed by atoms with E-state index in [2.05, 4.69) is 10.3 Å². The summed E-state index contributed by atoms with van der Waals surface area (Å²) in [6.07, 6.45) is -3.74. The molecule has 2 aromatic rings. The predicted octanol–water partition coefficient (Wildman–Crippen LogP) is 4.62. The van der Waals surface area contributed by atoms with Crippen LogP contribution < -0.4 is 5.32 Å². The molecule has 23 heavy (non-hydrogen) atoms. The molecule has 3 nitrogen and oxygen atoms in total. The van der Waals surface area contributed by atoms with Gasteiger partial charge in [0.25, 0.3) is 0 Å². The number of carbonyl (C=O) groups is 1. The third-order valence-electron chi connectivity index (χ3n) is 2.62. The van der Waals surface area contributed by atoms with Gasteiger partial charge in [0.15, 0.2) is 0 Å². The maximum Gasteiger partial charge on any atom is 0.417 e. The van der Waals surface area contributed by atoms with Crippen LogP contribution in [0.4, 0.5) is 23.2 Å². The molecule has 0 unspecified atom stereocenters. The van der Waals surface area contributed by atoms with Gasteiger partial charge in [-0.2, -0.15) is 13.2 Å². The topological polar surface area (TPSA) is 42.0 Å². The lowest BCUT2D eigenvalue weighted by Crippen LogP contribution is -2.14. The first-order valence-corrected chi connectivity index (χ1v) is 7.53. The van der Waals surface area contributed by atoms with Crippen LogP contribution in [0.15, 0.2) is 41.6 Å². The van der Waals surface area contributed by atoms with Gasteiger partial charge in [-0.1, -0.05) is 23.4 Å². The van der Waals surface area contributed by atoms with Gasteiger partial charge in [-0.15, -0.1) is 0 Å². The zero-order valence-electron chi connectivity index (χ0n) is 11.3. The molecule has 0 aliphatic rings. The second-order valence-corrected chi connectivity index (χ2v) is 5.75. The highest BCUT2D eigenvalue weighted by molar-refractivity contribution is 7.99. The highest BCUT2D eigenvalue weighted by Crippen LogP contribution is 2.29. The van der Waals surface area contributed by atoms with Crippen molar-refractivity contribution in [3.05, 3.63) is 52.9 Å². The van der Waals surface area contributed by atoms with Gasteiger partial charge in [0.2, 0.25) is 5.91 Å². The summed E-state index contributed by atoms with van der Waals surface area (Å²) < 4.78 is 50.2. The molecule has 0 aliphatic heterocycles. The summed E-state index contributed by atoms with van der Waals surface area (Å²) in [6, 6.07) is 5.81. The molecule has 1 aromatic carbocycles. The van der Waals surface area contributed by atoms with E-state index in [1.165, 1.54) is 18.2 Å². The van der Waals surface area contributed by atoms with Gasteiger partial charge in [0.1, 0.15) is 5.82 Å². The van der Waals surface area contributed by atoms with Crippen molar-refractivity contribution in [2.24, 2.45) is 0 Å². The summed E-state index contributed by atoms with van der Waals surface area (Å²) in [5.74, 6) is -1.08. The number of carbonyl (C=O) groups excluding carboxylic acids is 1. The van der Waals surface area contributed by atoms with Crippen molar-refractivity contribution in [2.75, 3.05) is 11.1 Å². The van der Waals surface area contributed by atoms with E-state index in [1.807, 2.05) is 0 Å². The third kappa shape index (κ3) is 5.11. The molecule has 0 atom stereocenters. The Morgan fingerprint density at radius 1 is 1.26 bits per heavy atom. The first kappa shape index (κ1) is 17.6. The number of aromatic nitrogens is 1. The highest BCUT2D eigenvalue weighted by Gasteiger charge is 2.30. The standard InChI is InChI=1S/C14H9ClF4N2OS/c15-10-5-9(2-3-11(10)16)21-12(22)7-23-13-4-1-8(6-20-13)14(17,18)19/h1-6H,7H2,(H,21,22). The number of nitrogens with one attached hydrogen (secondary N) is 1. The smallest absolute Gasteiger partial charge is 0.325 e. The second-order valence-electron chi connectivity index (χ2n) is 4.35. The van der Waals surface area contributed by atoms with Gasteiger partial charge < -0.3 is 5.32 Å². The molecule has 0 saturated carbocycles. The number of amides is 1. The molecule has 122 valence electrons. The van der Waals surface area contributed by atoms with Crippen LogP contribution in [0.2, 0.25) is 5.02 Å². The summed E-state index contributed by atoms with van der Waals surface area (Å²) in [4.78, 5) is 15.4. The zero-order chi connectivity index (χ0) is 17.0. The SMILES string of the molecule is O=C(CSc1ccc(C(F)(F)F)cn1)Nc1ccc(F)c(Cl)c1. The van der Waals surface area contributed by atoms with Gasteiger partial charge in [-0.05, 0) is 30.3 Å². The van der Waals surface area contributed by atoms with Crippen molar-refractivity contribution < 1.29 is 22.4 Å². The van der Waals surface area contributed by atoms with E-state index in [9.17, 15) is 22.4 Å².